The summed E-state index contributed by atoms with van der Waals surface area (Å²) in [6.45, 7) is 5.77. The molecule has 23 heavy (non-hydrogen) atoms. The van der Waals surface area contributed by atoms with E-state index >= 15 is 0 Å². The molecule has 0 unspecified atom stereocenters. The van der Waals surface area contributed by atoms with Crippen molar-refractivity contribution in [2.24, 2.45) is 0 Å². The molecule has 0 bridgehead atoms. The lowest BCUT2D eigenvalue weighted by atomic mass is 9.97. The number of rotatable bonds is 5. The van der Waals surface area contributed by atoms with Gasteiger partial charge in [0.15, 0.2) is 0 Å². The number of nitrogens with zero attached hydrogens (tertiary/aromatic N) is 1. The normalized spacial score (nSPS) is 17.6. The molecule has 1 aliphatic rings. The van der Waals surface area contributed by atoms with Crippen LogP contribution < -0.4 is 5.32 Å². The fourth-order valence-electron chi connectivity index (χ4n) is 2.92. The van der Waals surface area contributed by atoms with E-state index < -0.39 is 11.7 Å². The van der Waals surface area contributed by atoms with Crippen molar-refractivity contribution in [3.05, 3.63) is 34.3 Å². The minimum atomic E-state index is -4.40. The third kappa shape index (κ3) is 5.52. The van der Waals surface area contributed by atoms with Gasteiger partial charge in [0.1, 0.15) is 0 Å². The Labute approximate surface area is 146 Å². The Balaban J connectivity index is 0.00000264. The zero-order valence-corrected chi connectivity index (χ0v) is 14.7. The van der Waals surface area contributed by atoms with Crippen molar-refractivity contribution in [3.63, 3.8) is 0 Å². The summed E-state index contributed by atoms with van der Waals surface area (Å²) in [4.78, 5) is 2.34. The number of alkyl halides is 3. The van der Waals surface area contributed by atoms with Crippen LogP contribution in [0.25, 0.3) is 0 Å². The highest BCUT2D eigenvalue weighted by molar-refractivity contribution is 6.31. The fourth-order valence-corrected chi connectivity index (χ4v) is 3.22. The maximum atomic E-state index is 12.8. The molecule has 2 rings (SSSR count). The minimum absolute atomic E-state index is 0. The number of hydrogen-bond acceptors (Lipinski definition) is 2. The summed E-state index contributed by atoms with van der Waals surface area (Å²) in [6.07, 6.45) is -1.34. The monoisotopic (exact) mass is 370 g/mol. The van der Waals surface area contributed by atoms with Gasteiger partial charge in [-0.15, -0.1) is 12.4 Å². The largest absolute Gasteiger partial charge is 0.417 e. The molecule has 0 amide bonds. The zero-order chi connectivity index (χ0) is 16.2. The number of piperazine rings is 1. The summed E-state index contributed by atoms with van der Waals surface area (Å²) in [5, 5.41) is 3.09. The van der Waals surface area contributed by atoms with Crippen LogP contribution in [0.4, 0.5) is 13.2 Å². The Kier molecular flexibility index (Phi) is 8.14. The summed E-state index contributed by atoms with van der Waals surface area (Å²) in [5.41, 5.74) is 0.126. The molecule has 0 aromatic heterocycles. The van der Waals surface area contributed by atoms with Gasteiger partial charge in [0, 0.05) is 32.2 Å². The first-order valence-corrected chi connectivity index (χ1v) is 8.12. The van der Waals surface area contributed by atoms with Crippen molar-refractivity contribution in [1.82, 2.24) is 10.2 Å². The van der Waals surface area contributed by atoms with Gasteiger partial charge < -0.3 is 5.32 Å². The molecule has 2 nitrogen and oxygen atoms in total. The van der Waals surface area contributed by atoms with Gasteiger partial charge >= 0.3 is 6.18 Å². The quantitative estimate of drug-likeness (QED) is 0.791. The smallest absolute Gasteiger partial charge is 0.314 e. The van der Waals surface area contributed by atoms with Gasteiger partial charge in [-0.05, 0) is 24.1 Å². The van der Waals surface area contributed by atoms with Gasteiger partial charge in [-0.2, -0.15) is 13.2 Å². The Hall–Kier alpha value is -0.490. The standard InChI is InChI=1S/C16H22ClF3N2.ClH/c1-2-3-4-15(22-9-7-21-8-10-22)12-5-6-13(14(17)11-12)16(18,19)20;/h5-6,11,15,21H,2-4,7-10H2,1H3;1H/t15-;/m0./s1. The zero-order valence-electron chi connectivity index (χ0n) is 13.1. The Morgan fingerprint density at radius 2 is 1.91 bits per heavy atom. The van der Waals surface area contributed by atoms with E-state index in [2.05, 4.69) is 17.1 Å². The first-order chi connectivity index (χ1) is 10.4. The highest BCUT2D eigenvalue weighted by Crippen LogP contribution is 2.37. The highest BCUT2D eigenvalue weighted by Gasteiger charge is 2.33. The van der Waals surface area contributed by atoms with Crippen LogP contribution in [-0.2, 0) is 6.18 Å². The Morgan fingerprint density at radius 3 is 2.43 bits per heavy atom. The summed E-state index contributed by atoms with van der Waals surface area (Å²) >= 11 is 5.88. The van der Waals surface area contributed by atoms with E-state index in [-0.39, 0.29) is 23.5 Å². The average molecular weight is 371 g/mol. The van der Waals surface area contributed by atoms with E-state index in [4.69, 9.17) is 11.6 Å². The SMILES string of the molecule is CCCC[C@@H](c1ccc(C(F)(F)F)c(Cl)c1)N1CCNCC1.Cl. The minimum Gasteiger partial charge on any atom is -0.314 e. The Morgan fingerprint density at radius 1 is 1.26 bits per heavy atom. The maximum Gasteiger partial charge on any atom is 0.417 e. The number of unbranched alkanes of at least 4 members (excludes halogenated alkanes) is 1. The molecule has 1 fully saturated rings. The van der Waals surface area contributed by atoms with Crippen LogP contribution in [0.2, 0.25) is 5.02 Å². The van der Waals surface area contributed by atoms with E-state index in [1.165, 1.54) is 6.07 Å². The molecule has 0 radical (unpaired) electrons. The highest BCUT2D eigenvalue weighted by atomic mass is 35.5. The lowest BCUT2D eigenvalue weighted by Crippen LogP contribution is -2.45. The van der Waals surface area contributed by atoms with Gasteiger partial charge in [0.25, 0.3) is 0 Å². The van der Waals surface area contributed by atoms with Crippen LogP contribution in [0.15, 0.2) is 18.2 Å². The molecule has 1 aromatic carbocycles. The van der Waals surface area contributed by atoms with Crippen LogP contribution in [0.3, 0.4) is 0 Å². The van der Waals surface area contributed by atoms with Gasteiger partial charge in [0.2, 0.25) is 0 Å². The summed E-state index contributed by atoms with van der Waals surface area (Å²) < 4.78 is 38.5. The van der Waals surface area contributed by atoms with Crippen LogP contribution in [0.1, 0.15) is 43.4 Å². The molecule has 0 spiro atoms. The third-order valence-corrected chi connectivity index (χ3v) is 4.42. The van der Waals surface area contributed by atoms with E-state index in [0.717, 1.165) is 57.1 Å². The molecule has 1 saturated heterocycles. The molecule has 1 aromatic rings. The van der Waals surface area contributed by atoms with Crippen LogP contribution >= 0.6 is 24.0 Å². The molecular weight excluding hydrogens is 348 g/mol. The predicted molar refractivity (Wildman–Crippen MR) is 90.4 cm³/mol. The van der Waals surface area contributed by atoms with Gasteiger partial charge in [0.05, 0.1) is 10.6 Å². The number of hydrogen-bond donors (Lipinski definition) is 1. The van der Waals surface area contributed by atoms with Crippen molar-refractivity contribution >= 4 is 24.0 Å². The number of nitrogens with one attached hydrogen (secondary N) is 1. The summed E-state index contributed by atoms with van der Waals surface area (Å²) in [7, 11) is 0. The van der Waals surface area contributed by atoms with Crippen molar-refractivity contribution in [3.8, 4) is 0 Å². The molecular formula is C16H23Cl2F3N2. The van der Waals surface area contributed by atoms with Crippen LogP contribution in [0.5, 0.6) is 0 Å². The van der Waals surface area contributed by atoms with Crippen LogP contribution in [0, 0.1) is 0 Å². The number of benzene rings is 1. The van der Waals surface area contributed by atoms with Crippen molar-refractivity contribution in [2.75, 3.05) is 26.2 Å². The molecule has 1 atom stereocenters. The molecule has 1 N–H and O–H groups in total. The second-order valence-electron chi connectivity index (χ2n) is 5.68. The second-order valence-corrected chi connectivity index (χ2v) is 6.09. The summed E-state index contributed by atoms with van der Waals surface area (Å²) in [6, 6.07) is 4.32. The Bertz CT molecular complexity index is 489. The van der Waals surface area contributed by atoms with E-state index in [9.17, 15) is 13.2 Å². The fraction of sp³-hybridized carbons (Fsp3) is 0.625. The third-order valence-electron chi connectivity index (χ3n) is 4.11. The van der Waals surface area contributed by atoms with Crippen molar-refractivity contribution < 1.29 is 13.2 Å². The molecule has 0 aliphatic carbocycles. The van der Waals surface area contributed by atoms with Crippen molar-refractivity contribution in [2.45, 2.75) is 38.4 Å². The predicted octanol–water partition coefficient (Wildman–Crippen LogP) is 4.92. The molecule has 7 heteroatoms. The van der Waals surface area contributed by atoms with E-state index in [1.54, 1.807) is 6.07 Å². The lowest BCUT2D eigenvalue weighted by Gasteiger charge is -2.35. The first kappa shape index (κ1) is 20.6. The molecule has 0 saturated carbocycles. The summed E-state index contributed by atoms with van der Waals surface area (Å²) in [5.74, 6) is 0. The topological polar surface area (TPSA) is 15.3 Å². The average Bonchev–Trinajstić information content (AvgIpc) is 2.47. The number of halogens is 5. The second kappa shape index (κ2) is 9.11. The van der Waals surface area contributed by atoms with Crippen LogP contribution in [-0.4, -0.2) is 31.1 Å². The van der Waals surface area contributed by atoms with Gasteiger partial charge in [-0.1, -0.05) is 37.4 Å². The maximum absolute atomic E-state index is 12.8. The van der Waals surface area contributed by atoms with Gasteiger partial charge in [-0.3, -0.25) is 4.90 Å². The van der Waals surface area contributed by atoms with Crippen molar-refractivity contribution in [1.29, 1.82) is 0 Å². The molecule has 1 heterocycles. The van der Waals surface area contributed by atoms with E-state index in [0.29, 0.717) is 0 Å². The molecule has 1 aliphatic heterocycles. The van der Waals surface area contributed by atoms with E-state index in [1.807, 2.05) is 0 Å². The molecule has 132 valence electrons. The lowest BCUT2D eigenvalue weighted by molar-refractivity contribution is -0.137. The van der Waals surface area contributed by atoms with Gasteiger partial charge in [-0.25, -0.2) is 0 Å². The first-order valence-electron chi connectivity index (χ1n) is 7.75.